The Labute approximate surface area is 101 Å². The van der Waals surface area contributed by atoms with E-state index in [1.165, 1.54) is 4.90 Å². The average Bonchev–Trinajstić information content (AvgIpc) is 2.28. The molecule has 0 aliphatic carbocycles. The van der Waals surface area contributed by atoms with Crippen LogP contribution < -0.4 is 5.73 Å². The number of ether oxygens (including phenoxy) is 1. The Morgan fingerprint density at radius 1 is 1.41 bits per heavy atom. The number of rotatable bonds is 5. The second-order valence-corrected chi connectivity index (χ2v) is 4.49. The van der Waals surface area contributed by atoms with Gasteiger partial charge in [0.25, 0.3) is 0 Å². The van der Waals surface area contributed by atoms with E-state index in [1.807, 2.05) is 0 Å². The molecule has 0 aromatic rings. The van der Waals surface area contributed by atoms with Crippen molar-refractivity contribution in [2.24, 2.45) is 5.73 Å². The smallest absolute Gasteiger partial charge is 0.303 e. The Kier molecular flexibility index (Phi) is 4.89. The highest BCUT2D eigenvalue weighted by molar-refractivity contribution is 5.86. The van der Waals surface area contributed by atoms with Crippen LogP contribution in [0.25, 0.3) is 0 Å². The maximum atomic E-state index is 12.1. The highest BCUT2D eigenvalue weighted by Crippen LogP contribution is 2.20. The van der Waals surface area contributed by atoms with E-state index in [4.69, 9.17) is 15.6 Å². The van der Waals surface area contributed by atoms with Gasteiger partial charge < -0.3 is 20.5 Å². The fourth-order valence-electron chi connectivity index (χ4n) is 1.90. The van der Waals surface area contributed by atoms with E-state index in [1.54, 1.807) is 7.05 Å². The molecule has 98 valence electrons. The molecule has 1 saturated heterocycles. The molecule has 1 aliphatic rings. The van der Waals surface area contributed by atoms with Crippen LogP contribution in [0, 0.1) is 0 Å². The monoisotopic (exact) mass is 244 g/mol. The molecule has 0 aromatic heterocycles. The van der Waals surface area contributed by atoms with Gasteiger partial charge in [-0.05, 0) is 19.3 Å². The largest absolute Gasteiger partial charge is 0.481 e. The molecule has 1 heterocycles. The standard InChI is InChI=1S/C11H20N2O4/c1-13(6-2-3-9(14)15)10(16)11(12)4-7-17-8-5-11/h2-8,12H2,1H3,(H,14,15). The average molecular weight is 244 g/mol. The van der Waals surface area contributed by atoms with Crippen LogP contribution in [0.1, 0.15) is 25.7 Å². The number of carboxylic acids is 1. The maximum Gasteiger partial charge on any atom is 0.303 e. The van der Waals surface area contributed by atoms with Gasteiger partial charge in [-0.25, -0.2) is 0 Å². The van der Waals surface area contributed by atoms with Gasteiger partial charge in [-0.2, -0.15) is 0 Å². The summed E-state index contributed by atoms with van der Waals surface area (Å²) in [6, 6.07) is 0. The number of amides is 1. The van der Waals surface area contributed by atoms with Gasteiger partial charge in [-0.3, -0.25) is 9.59 Å². The van der Waals surface area contributed by atoms with Crippen molar-refractivity contribution < 1.29 is 19.4 Å². The van der Waals surface area contributed by atoms with Crippen molar-refractivity contribution in [3.63, 3.8) is 0 Å². The summed E-state index contributed by atoms with van der Waals surface area (Å²) in [4.78, 5) is 24.0. The molecule has 0 saturated carbocycles. The number of likely N-dealkylation sites (N-methyl/N-ethyl adjacent to an activating group) is 1. The first kappa shape index (κ1) is 13.9. The minimum atomic E-state index is -0.848. The number of carbonyl (C=O) groups is 2. The van der Waals surface area contributed by atoms with Crippen molar-refractivity contribution in [2.45, 2.75) is 31.2 Å². The molecular formula is C11H20N2O4. The molecule has 0 spiro atoms. The van der Waals surface area contributed by atoms with E-state index in [0.29, 0.717) is 39.0 Å². The fourth-order valence-corrected chi connectivity index (χ4v) is 1.90. The van der Waals surface area contributed by atoms with Crippen LogP contribution in [0.3, 0.4) is 0 Å². The van der Waals surface area contributed by atoms with Crippen LogP contribution >= 0.6 is 0 Å². The molecule has 0 bridgehead atoms. The van der Waals surface area contributed by atoms with Gasteiger partial charge in [0.2, 0.25) is 5.91 Å². The van der Waals surface area contributed by atoms with Crippen LogP contribution in [0.15, 0.2) is 0 Å². The Hall–Kier alpha value is -1.14. The van der Waals surface area contributed by atoms with Crippen molar-refractivity contribution in [3.8, 4) is 0 Å². The van der Waals surface area contributed by atoms with Gasteiger partial charge >= 0.3 is 5.97 Å². The molecule has 0 unspecified atom stereocenters. The van der Waals surface area contributed by atoms with E-state index < -0.39 is 11.5 Å². The summed E-state index contributed by atoms with van der Waals surface area (Å²) >= 11 is 0. The number of hydrogen-bond donors (Lipinski definition) is 2. The summed E-state index contributed by atoms with van der Waals surface area (Å²) in [7, 11) is 1.66. The summed E-state index contributed by atoms with van der Waals surface area (Å²) in [5, 5.41) is 8.52. The summed E-state index contributed by atoms with van der Waals surface area (Å²) in [6.45, 7) is 1.43. The normalized spacial score (nSPS) is 18.7. The number of aliphatic carboxylic acids is 1. The summed E-state index contributed by atoms with van der Waals surface area (Å²) in [5.41, 5.74) is 5.21. The zero-order chi connectivity index (χ0) is 12.9. The van der Waals surface area contributed by atoms with Crippen LogP contribution in [-0.2, 0) is 14.3 Å². The molecule has 0 atom stereocenters. The number of hydrogen-bond acceptors (Lipinski definition) is 4. The second-order valence-electron chi connectivity index (χ2n) is 4.49. The Morgan fingerprint density at radius 2 is 2.00 bits per heavy atom. The Morgan fingerprint density at radius 3 is 2.53 bits per heavy atom. The molecule has 17 heavy (non-hydrogen) atoms. The third kappa shape index (κ3) is 3.98. The third-order valence-electron chi connectivity index (χ3n) is 3.04. The minimum absolute atomic E-state index is 0.0678. The lowest BCUT2D eigenvalue weighted by Gasteiger charge is -2.35. The lowest BCUT2D eigenvalue weighted by Crippen LogP contribution is -2.57. The maximum absolute atomic E-state index is 12.1. The van der Waals surface area contributed by atoms with Gasteiger partial charge in [-0.15, -0.1) is 0 Å². The molecule has 1 amide bonds. The zero-order valence-corrected chi connectivity index (χ0v) is 10.1. The Balaban J connectivity index is 2.42. The SMILES string of the molecule is CN(CCCC(=O)O)C(=O)C1(N)CCOCC1. The van der Waals surface area contributed by atoms with Crippen molar-refractivity contribution in [2.75, 3.05) is 26.8 Å². The lowest BCUT2D eigenvalue weighted by atomic mass is 9.90. The quantitative estimate of drug-likeness (QED) is 0.699. The third-order valence-corrected chi connectivity index (χ3v) is 3.04. The topological polar surface area (TPSA) is 92.9 Å². The fraction of sp³-hybridized carbons (Fsp3) is 0.818. The highest BCUT2D eigenvalue weighted by atomic mass is 16.5. The summed E-state index contributed by atoms with van der Waals surface area (Å²) < 4.78 is 5.18. The first-order valence-electron chi connectivity index (χ1n) is 5.80. The zero-order valence-electron chi connectivity index (χ0n) is 10.1. The molecule has 6 nitrogen and oxygen atoms in total. The van der Waals surface area contributed by atoms with E-state index in [2.05, 4.69) is 0 Å². The summed E-state index contributed by atoms with van der Waals surface area (Å²) in [6.07, 6.45) is 1.56. The first-order chi connectivity index (χ1) is 7.96. The molecule has 1 fully saturated rings. The second kappa shape index (κ2) is 5.97. The van der Waals surface area contributed by atoms with Gasteiger partial charge in [-0.1, -0.05) is 0 Å². The van der Waals surface area contributed by atoms with Crippen molar-refractivity contribution in [3.05, 3.63) is 0 Å². The number of carbonyl (C=O) groups excluding carboxylic acids is 1. The van der Waals surface area contributed by atoms with Crippen LogP contribution in [-0.4, -0.2) is 54.2 Å². The number of carboxylic acid groups (broad SMARTS) is 1. The molecule has 6 heteroatoms. The lowest BCUT2D eigenvalue weighted by molar-refractivity contribution is -0.141. The first-order valence-corrected chi connectivity index (χ1v) is 5.80. The predicted molar refractivity (Wildman–Crippen MR) is 61.5 cm³/mol. The summed E-state index contributed by atoms with van der Waals surface area (Å²) in [5.74, 6) is -0.967. The molecule has 0 aromatic carbocycles. The molecular weight excluding hydrogens is 224 g/mol. The van der Waals surface area contributed by atoms with Crippen molar-refractivity contribution in [1.82, 2.24) is 4.90 Å². The number of nitrogens with zero attached hydrogens (tertiary/aromatic N) is 1. The van der Waals surface area contributed by atoms with Gasteiger partial charge in [0.1, 0.15) is 0 Å². The van der Waals surface area contributed by atoms with Crippen molar-refractivity contribution >= 4 is 11.9 Å². The van der Waals surface area contributed by atoms with Crippen LogP contribution in [0.2, 0.25) is 0 Å². The Bertz CT molecular complexity index is 287. The van der Waals surface area contributed by atoms with E-state index in [9.17, 15) is 9.59 Å². The van der Waals surface area contributed by atoms with E-state index >= 15 is 0 Å². The number of nitrogens with two attached hydrogens (primary N) is 1. The minimum Gasteiger partial charge on any atom is -0.481 e. The van der Waals surface area contributed by atoms with E-state index in [0.717, 1.165) is 0 Å². The van der Waals surface area contributed by atoms with Crippen LogP contribution in [0.4, 0.5) is 0 Å². The van der Waals surface area contributed by atoms with Gasteiger partial charge in [0, 0.05) is 33.2 Å². The van der Waals surface area contributed by atoms with Gasteiger partial charge in [0.05, 0.1) is 5.54 Å². The molecule has 1 rings (SSSR count). The molecule has 1 aliphatic heterocycles. The molecule has 0 radical (unpaired) electrons. The molecule has 3 N–H and O–H groups in total. The van der Waals surface area contributed by atoms with Crippen LogP contribution in [0.5, 0.6) is 0 Å². The van der Waals surface area contributed by atoms with Gasteiger partial charge in [0.15, 0.2) is 0 Å². The van der Waals surface area contributed by atoms with Crippen molar-refractivity contribution in [1.29, 1.82) is 0 Å². The predicted octanol–water partition coefficient (Wildman–Crippen LogP) is -0.182. The van der Waals surface area contributed by atoms with E-state index in [-0.39, 0.29) is 12.3 Å². The highest BCUT2D eigenvalue weighted by Gasteiger charge is 2.37.